The summed E-state index contributed by atoms with van der Waals surface area (Å²) in [5.74, 6) is 0. The summed E-state index contributed by atoms with van der Waals surface area (Å²) in [7, 11) is -1.99. The smallest absolute Gasteiger partial charge is 0.240 e. The van der Waals surface area contributed by atoms with Crippen LogP contribution >= 0.6 is 0 Å². The molecule has 0 heterocycles. The molecule has 0 aliphatic heterocycles. The van der Waals surface area contributed by atoms with Crippen LogP contribution in [0.25, 0.3) is 0 Å². The Kier molecular flexibility index (Phi) is 5.59. The van der Waals surface area contributed by atoms with E-state index >= 15 is 0 Å². The van der Waals surface area contributed by atoms with Crippen LogP contribution in [0.1, 0.15) is 19.3 Å². The molecule has 0 unspecified atom stereocenters. The molecule has 1 aromatic carbocycles. The number of rotatable bonds is 7. The molecule has 0 saturated heterocycles. The van der Waals surface area contributed by atoms with Crippen molar-refractivity contribution in [3.63, 3.8) is 0 Å². The van der Waals surface area contributed by atoms with Crippen molar-refractivity contribution in [3.05, 3.63) is 18.2 Å². The second-order valence-electron chi connectivity index (χ2n) is 4.48. The van der Waals surface area contributed by atoms with Gasteiger partial charge in [0.2, 0.25) is 10.0 Å². The highest BCUT2D eigenvalue weighted by Gasteiger charge is 2.16. The molecule has 1 rings (SSSR count). The summed E-state index contributed by atoms with van der Waals surface area (Å²) in [6, 6.07) is 4.67. The van der Waals surface area contributed by atoms with E-state index in [-0.39, 0.29) is 11.5 Å². The van der Waals surface area contributed by atoms with Gasteiger partial charge in [-0.15, -0.1) is 0 Å². The fourth-order valence-corrected chi connectivity index (χ4v) is 2.65. The van der Waals surface area contributed by atoms with E-state index in [0.717, 1.165) is 19.3 Å². The van der Waals surface area contributed by atoms with Crippen molar-refractivity contribution in [1.82, 2.24) is 0 Å². The SMILES string of the molecule is CN(CCCCCO)c1ccc(N)cc1S(N)(=O)=O. The second-order valence-corrected chi connectivity index (χ2v) is 6.01. The molecule has 108 valence electrons. The van der Waals surface area contributed by atoms with Gasteiger partial charge >= 0.3 is 0 Å². The number of unbranched alkanes of at least 4 members (excludes halogenated alkanes) is 2. The quantitative estimate of drug-likeness (QED) is 0.500. The third kappa shape index (κ3) is 4.70. The van der Waals surface area contributed by atoms with Gasteiger partial charge in [0.15, 0.2) is 0 Å². The summed E-state index contributed by atoms with van der Waals surface area (Å²) in [6.07, 6.45) is 2.50. The van der Waals surface area contributed by atoms with Gasteiger partial charge in [-0.05, 0) is 37.5 Å². The van der Waals surface area contributed by atoms with Crippen molar-refractivity contribution in [2.45, 2.75) is 24.2 Å². The lowest BCUT2D eigenvalue weighted by Crippen LogP contribution is -2.23. The Balaban J connectivity index is 2.87. The fraction of sp³-hybridized carbons (Fsp3) is 0.500. The Morgan fingerprint density at radius 3 is 2.53 bits per heavy atom. The number of nitrogens with zero attached hydrogens (tertiary/aromatic N) is 1. The number of aliphatic hydroxyl groups excluding tert-OH is 1. The molecule has 0 saturated carbocycles. The molecular formula is C12H21N3O3S. The number of primary sulfonamides is 1. The summed E-state index contributed by atoms with van der Waals surface area (Å²) in [4.78, 5) is 1.87. The van der Waals surface area contributed by atoms with E-state index in [4.69, 9.17) is 16.0 Å². The first kappa shape index (κ1) is 15.7. The van der Waals surface area contributed by atoms with E-state index < -0.39 is 10.0 Å². The first-order valence-corrected chi connectivity index (χ1v) is 7.65. The summed E-state index contributed by atoms with van der Waals surface area (Å²) in [5.41, 5.74) is 6.50. The molecule has 6 nitrogen and oxygen atoms in total. The Morgan fingerprint density at radius 2 is 1.95 bits per heavy atom. The molecule has 1 aromatic rings. The molecule has 0 bridgehead atoms. The standard InChI is InChI=1S/C12H21N3O3S/c1-15(7-3-2-4-8-16)11-6-5-10(13)9-12(11)19(14,17)18/h5-6,9,16H,2-4,7-8,13H2,1H3,(H2,14,17,18). The zero-order chi connectivity index (χ0) is 14.5. The predicted octanol–water partition coefficient (Wildman–Crippen LogP) is 0.515. The number of aliphatic hydroxyl groups is 1. The monoisotopic (exact) mass is 287 g/mol. The van der Waals surface area contributed by atoms with Crippen molar-refractivity contribution in [2.75, 3.05) is 30.8 Å². The highest BCUT2D eigenvalue weighted by Crippen LogP contribution is 2.26. The molecule has 7 heteroatoms. The zero-order valence-corrected chi connectivity index (χ0v) is 11.9. The van der Waals surface area contributed by atoms with E-state index in [9.17, 15) is 8.42 Å². The Hall–Kier alpha value is -1.31. The minimum Gasteiger partial charge on any atom is -0.399 e. The van der Waals surface area contributed by atoms with Crippen LogP contribution in [0.3, 0.4) is 0 Å². The van der Waals surface area contributed by atoms with Crippen LogP contribution in [-0.4, -0.2) is 33.7 Å². The van der Waals surface area contributed by atoms with Gasteiger partial charge in [0.1, 0.15) is 4.90 Å². The van der Waals surface area contributed by atoms with Gasteiger partial charge in [-0.25, -0.2) is 13.6 Å². The Morgan fingerprint density at radius 1 is 1.26 bits per heavy atom. The molecule has 0 radical (unpaired) electrons. The van der Waals surface area contributed by atoms with E-state index in [2.05, 4.69) is 0 Å². The van der Waals surface area contributed by atoms with Crippen LogP contribution in [0.4, 0.5) is 11.4 Å². The third-order valence-electron chi connectivity index (χ3n) is 2.85. The van der Waals surface area contributed by atoms with Crippen LogP contribution < -0.4 is 15.8 Å². The molecule has 0 spiro atoms. The number of hydrogen-bond donors (Lipinski definition) is 3. The van der Waals surface area contributed by atoms with Gasteiger partial charge in [-0.3, -0.25) is 0 Å². The number of sulfonamides is 1. The lowest BCUT2D eigenvalue weighted by Gasteiger charge is -2.22. The van der Waals surface area contributed by atoms with Crippen molar-refractivity contribution < 1.29 is 13.5 Å². The van der Waals surface area contributed by atoms with Crippen molar-refractivity contribution >= 4 is 21.4 Å². The minimum absolute atomic E-state index is 0.0390. The molecule has 0 atom stereocenters. The highest BCUT2D eigenvalue weighted by molar-refractivity contribution is 7.89. The van der Waals surface area contributed by atoms with Crippen LogP contribution in [-0.2, 0) is 10.0 Å². The highest BCUT2D eigenvalue weighted by atomic mass is 32.2. The van der Waals surface area contributed by atoms with Gasteiger partial charge in [-0.2, -0.15) is 0 Å². The lowest BCUT2D eigenvalue weighted by atomic mass is 10.2. The lowest BCUT2D eigenvalue weighted by molar-refractivity contribution is 0.283. The topological polar surface area (TPSA) is 110 Å². The average molecular weight is 287 g/mol. The van der Waals surface area contributed by atoms with Crippen LogP contribution in [0.2, 0.25) is 0 Å². The van der Waals surface area contributed by atoms with E-state index in [0.29, 0.717) is 17.9 Å². The Labute approximate surface area is 114 Å². The van der Waals surface area contributed by atoms with E-state index in [1.54, 1.807) is 19.2 Å². The first-order chi connectivity index (χ1) is 8.86. The van der Waals surface area contributed by atoms with Crippen molar-refractivity contribution in [3.8, 4) is 0 Å². The third-order valence-corrected chi connectivity index (χ3v) is 3.79. The molecular weight excluding hydrogens is 266 g/mol. The van der Waals surface area contributed by atoms with Gasteiger partial charge in [0.25, 0.3) is 0 Å². The van der Waals surface area contributed by atoms with Crippen LogP contribution in [0, 0.1) is 0 Å². The second kappa shape index (κ2) is 6.74. The van der Waals surface area contributed by atoms with Gasteiger partial charge in [0, 0.05) is 25.9 Å². The van der Waals surface area contributed by atoms with Crippen LogP contribution in [0.5, 0.6) is 0 Å². The van der Waals surface area contributed by atoms with E-state index in [1.807, 2.05) is 4.90 Å². The predicted molar refractivity (Wildman–Crippen MR) is 76.4 cm³/mol. The molecule has 0 fully saturated rings. The summed E-state index contributed by atoms with van der Waals surface area (Å²) in [6.45, 7) is 0.862. The number of nitrogens with two attached hydrogens (primary N) is 2. The molecule has 0 aliphatic carbocycles. The average Bonchev–Trinajstić information content (AvgIpc) is 2.33. The number of anilines is 2. The maximum absolute atomic E-state index is 11.5. The molecule has 5 N–H and O–H groups in total. The van der Waals surface area contributed by atoms with Crippen molar-refractivity contribution in [1.29, 1.82) is 0 Å². The molecule has 0 amide bonds. The number of hydrogen-bond acceptors (Lipinski definition) is 5. The normalized spacial score (nSPS) is 11.5. The van der Waals surface area contributed by atoms with Crippen LogP contribution in [0.15, 0.2) is 23.1 Å². The summed E-state index contributed by atoms with van der Waals surface area (Å²) in [5, 5.41) is 13.9. The number of benzene rings is 1. The maximum atomic E-state index is 11.5. The van der Waals surface area contributed by atoms with Gasteiger partial charge < -0.3 is 15.7 Å². The number of nitrogen functional groups attached to an aromatic ring is 1. The summed E-state index contributed by atoms with van der Waals surface area (Å²) >= 11 is 0. The fourth-order valence-electron chi connectivity index (χ4n) is 1.83. The van der Waals surface area contributed by atoms with Crippen molar-refractivity contribution in [2.24, 2.45) is 5.14 Å². The molecule has 0 aliphatic rings. The zero-order valence-electron chi connectivity index (χ0n) is 11.0. The molecule has 0 aromatic heterocycles. The van der Waals surface area contributed by atoms with E-state index in [1.165, 1.54) is 6.07 Å². The van der Waals surface area contributed by atoms with Gasteiger partial charge in [0.05, 0.1) is 5.69 Å². The molecule has 19 heavy (non-hydrogen) atoms. The Bertz CT molecular complexity index is 517. The largest absolute Gasteiger partial charge is 0.399 e. The summed E-state index contributed by atoms with van der Waals surface area (Å²) < 4.78 is 23.1. The minimum atomic E-state index is -3.80. The first-order valence-electron chi connectivity index (χ1n) is 6.10. The maximum Gasteiger partial charge on any atom is 0.240 e. The van der Waals surface area contributed by atoms with Gasteiger partial charge in [-0.1, -0.05) is 0 Å².